The van der Waals surface area contributed by atoms with E-state index in [1.165, 1.54) is 22.7 Å². The second kappa shape index (κ2) is 6.69. The van der Waals surface area contributed by atoms with E-state index in [9.17, 15) is 14.7 Å². The van der Waals surface area contributed by atoms with E-state index in [0.29, 0.717) is 11.4 Å². The van der Waals surface area contributed by atoms with Crippen LogP contribution in [0, 0.1) is 11.8 Å². The number of rotatable bonds is 4. The first-order chi connectivity index (χ1) is 12.5. The second-order valence-electron chi connectivity index (χ2n) is 6.42. The van der Waals surface area contributed by atoms with E-state index < -0.39 is 11.9 Å². The lowest BCUT2D eigenvalue weighted by Gasteiger charge is -2.14. The molecular formula is C18H17N3O3S2. The molecule has 2 aromatic heterocycles. The quantitative estimate of drug-likeness (QED) is 0.710. The van der Waals surface area contributed by atoms with Gasteiger partial charge in [-0.15, -0.1) is 11.3 Å². The van der Waals surface area contributed by atoms with Crippen molar-refractivity contribution < 1.29 is 14.7 Å². The summed E-state index contributed by atoms with van der Waals surface area (Å²) in [6.07, 6.45) is 0. The fourth-order valence-corrected chi connectivity index (χ4v) is 5.25. The zero-order chi connectivity index (χ0) is 18.3. The molecule has 0 bridgehead atoms. The van der Waals surface area contributed by atoms with Crippen LogP contribution in [0.3, 0.4) is 0 Å². The van der Waals surface area contributed by atoms with E-state index in [2.05, 4.69) is 10.3 Å². The van der Waals surface area contributed by atoms with Gasteiger partial charge in [-0.05, 0) is 24.1 Å². The van der Waals surface area contributed by atoms with Gasteiger partial charge >= 0.3 is 5.97 Å². The van der Waals surface area contributed by atoms with Crippen molar-refractivity contribution in [3.63, 3.8) is 0 Å². The number of hydrogen-bond acceptors (Lipinski definition) is 6. The Bertz CT molecular complexity index is 935. The lowest BCUT2D eigenvalue weighted by molar-refractivity contribution is -0.142. The van der Waals surface area contributed by atoms with Crippen LogP contribution in [0.4, 0.5) is 10.8 Å². The first kappa shape index (κ1) is 17.0. The molecule has 1 saturated heterocycles. The molecule has 0 unspecified atom stereocenters. The van der Waals surface area contributed by atoms with Crippen LogP contribution in [0.2, 0.25) is 0 Å². The summed E-state index contributed by atoms with van der Waals surface area (Å²) >= 11 is 2.86. The molecule has 1 aromatic carbocycles. The van der Waals surface area contributed by atoms with Crippen molar-refractivity contribution in [1.82, 2.24) is 9.88 Å². The van der Waals surface area contributed by atoms with Gasteiger partial charge in [0.25, 0.3) is 5.91 Å². The molecule has 0 radical (unpaired) electrons. The Morgan fingerprint density at radius 1 is 1.23 bits per heavy atom. The third kappa shape index (κ3) is 3.17. The lowest BCUT2D eigenvalue weighted by atomic mass is 9.99. The van der Waals surface area contributed by atoms with Gasteiger partial charge in [0.05, 0.1) is 15.5 Å². The topological polar surface area (TPSA) is 82.5 Å². The first-order valence-electron chi connectivity index (χ1n) is 8.26. The molecular weight excluding hydrogens is 370 g/mol. The van der Waals surface area contributed by atoms with E-state index in [0.717, 1.165) is 20.3 Å². The summed E-state index contributed by atoms with van der Waals surface area (Å²) in [6.45, 7) is 2.63. The van der Waals surface area contributed by atoms with Crippen molar-refractivity contribution in [2.45, 2.75) is 6.92 Å². The van der Waals surface area contributed by atoms with Gasteiger partial charge in [-0.2, -0.15) is 0 Å². The summed E-state index contributed by atoms with van der Waals surface area (Å²) in [5, 5.41) is 13.3. The van der Waals surface area contributed by atoms with Gasteiger partial charge in [-0.3, -0.25) is 9.59 Å². The number of hydrogen-bond donors (Lipinski definition) is 2. The minimum Gasteiger partial charge on any atom is -0.481 e. The minimum atomic E-state index is -0.835. The van der Waals surface area contributed by atoms with Crippen LogP contribution in [-0.2, 0) is 4.79 Å². The second-order valence-corrected chi connectivity index (χ2v) is 8.48. The fourth-order valence-electron chi connectivity index (χ4n) is 3.15. The number of anilines is 2. The average Bonchev–Trinajstić information content (AvgIpc) is 3.28. The smallest absolute Gasteiger partial charge is 0.308 e. The van der Waals surface area contributed by atoms with Crippen molar-refractivity contribution in [2.24, 2.45) is 11.8 Å². The molecule has 4 rings (SSSR count). The number of nitrogens with zero attached hydrogens (tertiary/aromatic N) is 2. The van der Waals surface area contributed by atoms with Crippen molar-refractivity contribution in [3.8, 4) is 0 Å². The Kier molecular flexibility index (Phi) is 4.37. The normalized spacial score (nSPS) is 19.8. The largest absolute Gasteiger partial charge is 0.481 e. The van der Waals surface area contributed by atoms with E-state index in [1.807, 2.05) is 43.3 Å². The number of thiophene rings is 1. The summed E-state index contributed by atoms with van der Waals surface area (Å²) in [6, 6.07) is 11.7. The Hall–Kier alpha value is -2.45. The fraction of sp³-hybridized carbons (Fsp3) is 0.278. The first-order valence-corrected chi connectivity index (χ1v) is 9.89. The van der Waals surface area contributed by atoms with E-state index >= 15 is 0 Å². The molecule has 134 valence electrons. The molecule has 0 aliphatic carbocycles. The molecule has 26 heavy (non-hydrogen) atoms. The SMILES string of the molecule is C[C@@H]1CN(C(=O)c2cc3sc(Nc4ccccc4)nc3s2)C[C@H]1C(=O)O. The van der Waals surface area contributed by atoms with E-state index in [-0.39, 0.29) is 18.4 Å². The molecule has 1 fully saturated rings. The highest BCUT2D eigenvalue weighted by Gasteiger charge is 2.37. The van der Waals surface area contributed by atoms with Crippen molar-refractivity contribution in [3.05, 3.63) is 41.3 Å². The molecule has 1 aliphatic rings. The highest BCUT2D eigenvalue weighted by atomic mass is 32.1. The van der Waals surface area contributed by atoms with Gasteiger partial charge in [0, 0.05) is 18.8 Å². The van der Waals surface area contributed by atoms with Crippen LogP contribution in [0.25, 0.3) is 9.53 Å². The number of likely N-dealkylation sites (tertiary alicyclic amines) is 1. The van der Waals surface area contributed by atoms with Crippen LogP contribution >= 0.6 is 22.7 Å². The maximum atomic E-state index is 12.7. The van der Waals surface area contributed by atoms with Gasteiger partial charge in [-0.25, -0.2) is 4.98 Å². The average molecular weight is 387 g/mol. The molecule has 2 N–H and O–H groups in total. The Morgan fingerprint density at radius 2 is 2.00 bits per heavy atom. The summed E-state index contributed by atoms with van der Waals surface area (Å²) in [4.78, 5) is 31.6. The molecule has 2 atom stereocenters. The molecule has 6 nitrogen and oxygen atoms in total. The number of carbonyl (C=O) groups is 2. The molecule has 8 heteroatoms. The number of aliphatic carboxylic acids is 1. The van der Waals surface area contributed by atoms with E-state index in [1.54, 1.807) is 4.90 Å². The van der Waals surface area contributed by atoms with Gasteiger partial charge in [0.15, 0.2) is 5.13 Å². The predicted molar refractivity (Wildman–Crippen MR) is 103 cm³/mol. The van der Waals surface area contributed by atoms with Crippen molar-refractivity contribution >= 4 is 54.9 Å². The summed E-state index contributed by atoms with van der Waals surface area (Å²) in [5.41, 5.74) is 0.968. The Labute approximate surface area is 158 Å². The number of para-hydroxylation sites is 1. The van der Waals surface area contributed by atoms with Crippen LogP contribution in [0.15, 0.2) is 36.4 Å². The zero-order valence-corrected chi connectivity index (χ0v) is 15.6. The summed E-state index contributed by atoms with van der Waals surface area (Å²) in [7, 11) is 0. The molecule has 0 spiro atoms. The van der Waals surface area contributed by atoms with Crippen molar-refractivity contribution in [1.29, 1.82) is 0 Å². The number of carbonyl (C=O) groups excluding carboxylic acids is 1. The van der Waals surface area contributed by atoms with Gasteiger partial charge in [-0.1, -0.05) is 36.5 Å². The number of benzene rings is 1. The maximum absolute atomic E-state index is 12.7. The number of thiazole rings is 1. The van der Waals surface area contributed by atoms with Crippen molar-refractivity contribution in [2.75, 3.05) is 18.4 Å². The third-order valence-corrected chi connectivity index (χ3v) is 6.61. The van der Waals surface area contributed by atoms with Gasteiger partial charge in [0.1, 0.15) is 4.83 Å². The Morgan fingerprint density at radius 3 is 2.65 bits per heavy atom. The van der Waals surface area contributed by atoms with Crippen LogP contribution in [0.5, 0.6) is 0 Å². The predicted octanol–water partition coefficient (Wildman–Crippen LogP) is 3.89. The summed E-state index contributed by atoms with van der Waals surface area (Å²) in [5.74, 6) is -1.45. The number of nitrogens with one attached hydrogen (secondary N) is 1. The highest BCUT2D eigenvalue weighted by molar-refractivity contribution is 7.29. The number of aromatic nitrogens is 1. The minimum absolute atomic E-state index is 0.0303. The number of fused-ring (bicyclic) bond motifs is 1. The highest BCUT2D eigenvalue weighted by Crippen LogP contribution is 2.35. The molecule has 1 amide bonds. The van der Waals surface area contributed by atoms with Crippen LogP contribution in [0.1, 0.15) is 16.6 Å². The number of amides is 1. The zero-order valence-electron chi connectivity index (χ0n) is 14.0. The van der Waals surface area contributed by atoms with Gasteiger partial charge in [0.2, 0.25) is 0 Å². The molecule has 3 aromatic rings. The number of carboxylic acid groups (broad SMARTS) is 1. The van der Waals surface area contributed by atoms with Crippen LogP contribution in [-0.4, -0.2) is 40.0 Å². The van der Waals surface area contributed by atoms with Gasteiger partial charge < -0.3 is 15.3 Å². The Balaban J connectivity index is 1.50. The van der Waals surface area contributed by atoms with Crippen LogP contribution < -0.4 is 5.32 Å². The maximum Gasteiger partial charge on any atom is 0.308 e. The standard InChI is InChI=1S/C18H17N3O3S2/c1-10-8-21(9-12(10)17(23)24)16(22)14-7-13-15(25-14)20-18(26-13)19-11-5-3-2-4-6-11/h2-7,10,12H,8-9H2,1H3,(H,19,20)(H,23,24)/t10-,12-/m1/s1. The van der Waals surface area contributed by atoms with E-state index in [4.69, 9.17) is 0 Å². The lowest BCUT2D eigenvalue weighted by Crippen LogP contribution is -2.29. The third-order valence-electron chi connectivity index (χ3n) is 4.54. The molecule has 3 heterocycles. The molecule has 1 aliphatic heterocycles. The number of carboxylic acids is 1. The molecule has 0 saturated carbocycles. The monoisotopic (exact) mass is 387 g/mol. The summed E-state index contributed by atoms with van der Waals surface area (Å²) < 4.78 is 0.957.